The minimum Gasteiger partial charge on any atom is -0.507 e. The molecule has 0 unspecified atom stereocenters. The van der Waals surface area contributed by atoms with Crippen LogP contribution in [0.3, 0.4) is 0 Å². The lowest BCUT2D eigenvalue weighted by molar-refractivity contribution is 0.125. The number of likely N-dealkylation sites (N-methyl/N-ethyl adjacent to an activating group) is 1. The molecular weight excluding hydrogens is 402 g/mol. The molecule has 1 fully saturated rings. The lowest BCUT2D eigenvalue weighted by atomic mass is 9.96. The van der Waals surface area contributed by atoms with E-state index in [1.165, 1.54) is 0 Å². The van der Waals surface area contributed by atoms with E-state index in [0.717, 1.165) is 31.7 Å². The molecule has 1 N–H and O–H groups in total. The van der Waals surface area contributed by atoms with Gasteiger partial charge in [-0.3, -0.25) is 9.69 Å². The summed E-state index contributed by atoms with van der Waals surface area (Å²) in [5.41, 5.74) is 1.74. The number of halogens is 1. The summed E-state index contributed by atoms with van der Waals surface area (Å²) in [6.45, 7) is 5.50. The van der Waals surface area contributed by atoms with Gasteiger partial charge in [-0.15, -0.1) is 0 Å². The van der Waals surface area contributed by atoms with Crippen molar-refractivity contribution in [3.05, 3.63) is 86.7 Å². The molecule has 0 aliphatic carbocycles. The number of aromatic hydroxyl groups is 1. The number of furan rings is 1. The van der Waals surface area contributed by atoms with Crippen LogP contribution in [0.15, 0.2) is 57.9 Å². The van der Waals surface area contributed by atoms with Crippen molar-refractivity contribution >= 4 is 11.6 Å². The van der Waals surface area contributed by atoms with Gasteiger partial charge in [0.2, 0.25) is 0 Å². The molecule has 0 bridgehead atoms. The molecule has 0 radical (unpaired) electrons. The maximum atomic E-state index is 13.6. The topological polar surface area (TPSA) is 61.9 Å². The van der Waals surface area contributed by atoms with Gasteiger partial charge >= 0.3 is 0 Å². The number of nitrogens with zero attached hydrogens (tertiary/aromatic N) is 3. The number of hydrogen-bond donors (Lipinski definition) is 1. The van der Waals surface area contributed by atoms with Crippen molar-refractivity contribution in [3.8, 4) is 5.75 Å². The summed E-state index contributed by atoms with van der Waals surface area (Å²) >= 11 is 6.28. The van der Waals surface area contributed by atoms with Gasteiger partial charge in [-0.05, 0) is 49.9 Å². The first-order valence-electron chi connectivity index (χ1n) is 10.1. The van der Waals surface area contributed by atoms with Gasteiger partial charge < -0.3 is 19.0 Å². The van der Waals surface area contributed by atoms with Gasteiger partial charge in [-0.25, -0.2) is 0 Å². The Morgan fingerprint density at radius 2 is 1.90 bits per heavy atom. The normalized spacial score (nSPS) is 16.6. The van der Waals surface area contributed by atoms with Crippen LogP contribution in [0.25, 0.3) is 0 Å². The molecule has 3 aromatic rings. The van der Waals surface area contributed by atoms with Crippen LogP contribution in [0.5, 0.6) is 5.75 Å². The molecule has 7 heteroatoms. The molecule has 1 aliphatic heterocycles. The Bertz CT molecular complexity index is 1070. The number of benzene rings is 1. The zero-order valence-electron chi connectivity index (χ0n) is 17.2. The second-order valence-corrected chi connectivity index (χ2v) is 8.29. The molecule has 1 aliphatic rings. The Labute approximate surface area is 180 Å². The van der Waals surface area contributed by atoms with Crippen molar-refractivity contribution in [1.29, 1.82) is 0 Å². The monoisotopic (exact) mass is 427 g/mol. The second kappa shape index (κ2) is 8.68. The number of hydrogen-bond acceptors (Lipinski definition) is 5. The highest BCUT2D eigenvalue weighted by atomic mass is 35.5. The molecule has 2 aromatic heterocycles. The highest BCUT2D eigenvalue weighted by Gasteiger charge is 2.31. The lowest BCUT2D eigenvalue weighted by Gasteiger charge is -2.38. The van der Waals surface area contributed by atoms with Crippen molar-refractivity contribution in [2.75, 3.05) is 33.2 Å². The van der Waals surface area contributed by atoms with Crippen molar-refractivity contribution in [2.24, 2.45) is 0 Å². The summed E-state index contributed by atoms with van der Waals surface area (Å²) in [5.74, 6) is 0.702. The Morgan fingerprint density at radius 1 is 1.13 bits per heavy atom. The van der Waals surface area contributed by atoms with E-state index in [0.29, 0.717) is 28.6 Å². The Kier molecular flexibility index (Phi) is 5.99. The molecule has 0 amide bonds. The summed E-state index contributed by atoms with van der Waals surface area (Å²) in [6, 6.07) is 12.5. The van der Waals surface area contributed by atoms with Gasteiger partial charge in [-0.1, -0.05) is 23.7 Å². The van der Waals surface area contributed by atoms with Crippen LogP contribution >= 0.6 is 11.6 Å². The van der Waals surface area contributed by atoms with Crippen LogP contribution in [0.4, 0.5) is 0 Å². The fourth-order valence-corrected chi connectivity index (χ4v) is 4.30. The van der Waals surface area contributed by atoms with Crippen LogP contribution < -0.4 is 5.56 Å². The van der Waals surface area contributed by atoms with Crippen LogP contribution in [0.1, 0.15) is 28.6 Å². The molecule has 3 heterocycles. The van der Waals surface area contributed by atoms with E-state index in [4.69, 9.17) is 16.0 Å². The maximum Gasteiger partial charge on any atom is 0.260 e. The molecule has 4 rings (SSSR count). The van der Waals surface area contributed by atoms with E-state index in [1.807, 2.05) is 37.3 Å². The smallest absolute Gasteiger partial charge is 0.260 e. The molecule has 1 atom stereocenters. The van der Waals surface area contributed by atoms with Crippen LogP contribution in [0.2, 0.25) is 5.02 Å². The average molecular weight is 428 g/mol. The predicted octanol–water partition coefficient (Wildman–Crippen LogP) is 3.49. The third kappa shape index (κ3) is 4.17. The molecule has 30 heavy (non-hydrogen) atoms. The van der Waals surface area contributed by atoms with Gasteiger partial charge in [0.05, 0.1) is 24.4 Å². The predicted molar refractivity (Wildman–Crippen MR) is 117 cm³/mol. The first-order valence-corrected chi connectivity index (χ1v) is 10.5. The molecule has 158 valence electrons. The van der Waals surface area contributed by atoms with Crippen LogP contribution in [-0.2, 0) is 6.54 Å². The van der Waals surface area contributed by atoms with Crippen molar-refractivity contribution in [1.82, 2.24) is 14.4 Å². The SMILES string of the molecule is Cc1cc(O)c([C@@H](c2cccc(Cl)c2)N2CCN(C)CC2)c(=O)n1Cc1ccco1. The molecule has 6 nitrogen and oxygen atoms in total. The number of aromatic nitrogens is 1. The van der Waals surface area contributed by atoms with E-state index in [1.54, 1.807) is 23.0 Å². The minimum atomic E-state index is -0.381. The van der Waals surface area contributed by atoms with Gasteiger partial charge in [-0.2, -0.15) is 0 Å². The van der Waals surface area contributed by atoms with Gasteiger partial charge in [0.15, 0.2) is 0 Å². The van der Waals surface area contributed by atoms with Gasteiger partial charge in [0.1, 0.15) is 11.5 Å². The highest BCUT2D eigenvalue weighted by molar-refractivity contribution is 6.30. The molecule has 1 saturated heterocycles. The zero-order chi connectivity index (χ0) is 21.3. The highest BCUT2D eigenvalue weighted by Crippen LogP contribution is 2.34. The summed E-state index contributed by atoms with van der Waals surface area (Å²) in [7, 11) is 2.09. The zero-order valence-corrected chi connectivity index (χ0v) is 18.0. The van der Waals surface area contributed by atoms with E-state index in [-0.39, 0.29) is 17.4 Å². The minimum absolute atomic E-state index is 0.0112. The third-order valence-corrected chi connectivity index (χ3v) is 5.99. The van der Waals surface area contributed by atoms with Gasteiger partial charge in [0, 0.05) is 36.9 Å². The molecular formula is C23H26ClN3O3. The second-order valence-electron chi connectivity index (χ2n) is 7.85. The standard InChI is InChI=1S/C23H26ClN3O3/c1-16-13-20(28)21(23(29)27(16)15-19-7-4-12-30-19)22(17-5-3-6-18(24)14-17)26-10-8-25(2)9-11-26/h3-7,12-14,22,28H,8-11,15H2,1-2H3/t22-/m1/s1. The number of piperazine rings is 1. The van der Waals surface area contributed by atoms with E-state index in [2.05, 4.69) is 16.8 Å². The quantitative estimate of drug-likeness (QED) is 0.675. The number of pyridine rings is 1. The Morgan fingerprint density at radius 3 is 2.57 bits per heavy atom. The first-order chi connectivity index (χ1) is 14.4. The van der Waals surface area contributed by atoms with Crippen molar-refractivity contribution in [2.45, 2.75) is 19.5 Å². The summed E-state index contributed by atoms with van der Waals surface area (Å²) in [4.78, 5) is 18.1. The Hall–Kier alpha value is -2.54. The summed E-state index contributed by atoms with van der Waals surface area (Å²) < 4.78 is 7.11. The van der Waals surface area contributed by atoms with E-state index in [9.17, 15) is 9.90 Å². The molecule has 0 spiro atoms. The molecule has 1 aromatic carbocycles. The fourth-order valence-electron chi connectivity index (χ4n) is 4.10. The maximum absolute atomic E-state index is 13.6. The Balaban J connectivity index is 1.84. The lowest BCUT2D eigenvalue weighted by Crippen LogP contribution is -2.47. The van der Waals surface area contributed by atoms with E-state index < -0.39 is 0 Å². The van der Waals surface area contributed by atoms with Crippen molar-refractivity contribution < 1.29 is 9.52 Å². The number of rotatable bonds is 5. The van der Waals surface area contributed by atoms with Gasteiger partial charge in [0.25, 0.3) is 5.56 Å². The van der Waals surface area contributed by atoms with Crippen LogP contribution in [0, 0.1) is 6.92 Å². The fraction of sp³-hybridized carbons (Fsp3) is 0.348. The average Bonchev–Trinajstić information content (AvgIpc) is 3.22. The van der Waals surface area contributed by atoms with E-state index >= 15 is 0 Å². The summed E-state index contributed by atoms with van der Waals surface area (Å²) in [5, 5.41) is 11.5. The third-order valence-electron chi connectivity index (χ3n) is 5.76. The summed E-state index contributed by atoms with van der Waals surface area (Å²) in [6.07, 6.45) is 1.59. The largest absolute Gasteiger partial charge is 0.507 e. The number of aryl methyl sites for hydroxylation is 1. The van der Waals surface area contributed by atoms with Crippen LogP contribution in [-0.4, -0.2) is 52.7 Å². The van der Waals surface area contributed by atoms with Crippen molar-refractivity contribution in [3.63, 3.8) is 0 Å². The molecule has 0 saturated carbocycles. The first kappa shape index (κ1) is 20.7.